The first-order valence-corrected chi connectivity index (χ1v) is 10.8. The number of anilines is 1. The van der Waals surface area contributed by atoms with Gasteiger partial charge in [-0.25, -0.2) is 0 Å². The minimum absolute atomic E-state index is 0.157. The molecule has 0 aliphatic carbocycles. The van der Waals surface area contributed by atoms with Gasteiger partial charge < -0.3 is 10.1 Å². The molecule has 1 N–H and O–H groups in total. The van der Waals surface area contributed by atoms with Gasteiger partial charge in [0.25, 0.3) is 0 Å². The zero-order valence-electron chi connectivity index (χ0n) is 16.5. The predicted molar refractivity (Wildman–Crippen MR) is 121 cm³/mol. The van der Waals surface area contributed by atoms with E-state index in [1.807, 2.05) is 31.2 Å². The van der Waals surface area contributed by atoms with Gasteiger partial charge in [-0.2, -0.15) is 4.68 Å². The first-order valence-electron chi connectivity index (χ1n) is 9.39. The second-order valence-corrected chi connectivity index (χ2v) is 7.96. The number of benzene rings is 3. The summed E-state index contributed by atoms with van der Waals surface area (Å²) in [5, 5.41) is 15.9. The molecule has 31 heavy (non-hydrogen) atoms. The van der Waals surface area contributed by atoms with E-state index in [2.05, 4.69) is 20.8 Å². The number of thioether (sulfide) groups is 1. The Bertz CT molecular complexity index is 1180. The molecule has 3 aromatic carbocycles. The Balaban J connectivity index is 1.33. The molecule has 0 saturated carbocycles. The number of aromatic nitrogens is 4. The van der Waals surface area contributed by atoms with Crippen molar-refractivity contribution in [2.75, 3.05) is 11.1 Å². The molecule has 9 heteroatoms. The van der Waals surface area contributed by atoms with E-state index in [1.165, 1.54) is 11.8 Å². The lowest BCUT2D eigenvalue weighted by Crippen LogP contribution is -2.14. The van der Waals surface area contributed by atoms with Gasteiger partial charge in [-0.05, 0) is 77.5 Å². The number of amides is 1. The summed E-state index contributed by atoms with van der Waals surface area (Å²) >= 11 is 7.15. The summed E-state index contributed by atoms with van der Waals surface area (Å²) in [5.74, 6) is 1.36. The monoisotopic (exact) mass is 451 g/mol. The van der Waals surface area contributed by atoms with Crippen molar-refractivity contribution in [2.45, 2.75) is 12.1 Å². The second-order valence-electron chi connectivity index (χ2n) is 6.58. The molecular formula is C22H18ClN5O2S. The zero-order chi connectivity index (χ0) is 21.6. The Kier molecular flexibility index (Phi) is 6.49. The van der Waals surface area contributed by atoms with Gasteiger partial charge in [0.15, 0.2) is 0 Å². The molecule has 0 saturated heterocycles. The van der Waals surface area contributed by atoms with Gasteiger partial charge >= 0.3 is 0 Å². The van der Waals surface area contributed by atoms with Crippen LogP contribution in [-0.4, -0.2) is 31.9 Å². The van der Waals surface area contributed by atoms with Crippen molar-refractivity contribution >= 4 is 35.0 Å². The van der Waals surface area contributed by atoms with Crippen LogP contribution in [-0.2, 0) is 4.79 Å². The normalized spacial score (nSPS) is 10.6. The number of tetrazole rings is 1. The third-order valence-corrected chi connectivity index (χ3v) is 5.48. The molecule has 0 spiro atoms. The van der Waals surface area contributed by atoms with Crippen LogP contribution in [0.4, 0.5) is 5.69 Å². The summed E-state index contributed by atoms with van der Waals surface area (Å²) < 4.78 is 7.39. The third kappa shape index (κ3) is 5.42. The first kappa shape index (κ1) is 20.9. The number of carbonyl (C=O) groups excluding carboxylic acids is 1. The topological polar surface area (TPSA) is 81.9 Å². The van der Waals surface area contributed by atoms with Crippen LogP contribution in [0.5, 0.6) is 11.5 Å². The Hall–Kier alpha value is -3.36. The van der Waals surface area contributed by atoms with Gasteiger partial charge in [0.2, 0.25) is 11.1 Å². The summed E-state index contributed by atoms with van der Waals surface area (Å²) in [6, 6.07) is 22.0. The summed E-state index contributed by atoms with van der Waals surface area (Å²) in [4.78, 5) is 12.4. The SMILES string of the molecule is Cc1ccccc1-n1nnnc1SCC(=O)Nc1ccc(Oc2ccc(Cl)cc2)cc1. The van der Waals surface area contributed by atoms with E-state index in [0.29, 0.717) is 27.4 Å². The summed E-state index contributed by atoms with van der Waals surface area (Å²) in [6.07, 6.45) is 0. The number of rotatable bonds is 7. The molecule has 0 aliphatic rings. The number of nitrogens with zero attached hydrogens (tertiary/aromatic N) is 4. The fourth-order valence-electron chi connectivity index (χ4n) is 2.79. The number of ether oxygens (including phenoxy) is 1. The number of carbonyl (C=O) groups is 1. The number of nitrogens with one attached hydrogen (secondary N) is 1. The lowest BCUT2D eigenvalue weighted by Gasteiger charge is -2.09. The molecule has 1 amide bonds. The molecule has 7 nitrogen and oxygen atoms in total. The average Bonchev–Trinajstić information content (AvgIpc) is 3.24. The molecule has 0 atom stereocenters. The van der Waals surface area contributed by atoms with Crippen molar-refractivity contribution in [3.63, 3.8) is 0 Å². The van der Waals surface area contributed by atoms with Crippen molar-refractivity contribution in [1.29, 1.82) is 0 Å². The average molecular weight is 452 g/mol. The smallest absolute Gasteiger partial charge is 0.234 e. The molecule has 156 valence electrons. The van der Waals surface area contributed by atoms with Crippen LogP contribution >= 0.6 is 23.4 Å². The largest absolute Gasteiger partial charge is 0.457 e. The standard InChI is InChI=1S/C22H18ClN5O2S/c1-15-4-2-3-5-20(15)28-22(25-26-27-28)31-14-21(29)24-17-8-12-19(13-9-17)30-18-10-6-16(23)7-11-18/h2-13H,14H2,1H3,(H,24,29). The van der Waals surface area contributed by atoms with Crippen molar-refractivity contribution in [1.82, 2.24) is 20.2 Å². The first-order chi connectivity index (χ1) is 15.1. The maximum atomic E-state index is 12.4. The molecule has 1 heterocycles. The molecular weight excluding hydrogens is 434 g/mol. The van der Waals surface area contributed by atoms with E-state index in [1.54, 1.807) is 53.2 Å². The molecule has 0 aliphatic heterocycles. The zero-order valence-corrected chi connectivity index (χ0v) is 18.1. The number of para-hydroxylation sites is 1. The van der Waals surface area contributed by atoms with E-state index < -0.39 is 0 Å². The van der Waals surface area contributed by atoms with Crippen LogP contribution in [0.3, 0.4) is 0 Å². The molecule has 0 bridgehead atoms. The van der Waals surface area contributed by atoms with E-state index in [9.17, 15) is 4.79 Å². The highest BCUT2D eigenvalue weighted by Crippen LogP contribution is 2.25. The van der Waals surface area contributed by atoms with E-state index in [0.717, 1.165) is 11.3 Å². The van der Waals surface area contributed by atoms with Crippen LogP contribution in [0.1, 0.15) is 5.56 Å². The number of hydrogen-bond acceptors (Lipinski definition) is 6. The number of hydrogen-bond donors (Lipinski definition) is 1. The fourth-order valence-corrected chi connectivity index (χ4v) is 3.60. The van der Waals surface area contributed by atoms with Gasteiger partial charge in [-0.3, -0.25) is 4.79 Å². The van der Waals surface area contributed by atoms with Crippen molar-refractivity contribution in [3.05, 3.63) is 83.4 Å². The molecule has 0 radical (unpaired) electrons. The molecule has 0 fully saturated rings. The van der Waals surface area contributed by atoms with Crippen LogP contribution in [0.15, 0.2) is 78.0 Å². The van der Waals surface area contributed by atoms with Gasteiger partial charge in [0, 0.05) is 10.7 Å². The number of halogens is 1. The Labute approximate surface area is 188 Å². The molecule has 4 rings (SSSR count). The Morgan fingerprint density at radius 2 is 1.71 bits per heavy atom. The number of aryl methyl sites for hydroxylation is 1. The van der Waals surface area contributed by atoms with Crippen LogP contribution in [0, 0.1) is 6.92 Å². The van der Waals surface area contributed by atoms with Crippen molar-refractivity contribution in [2.24, 2.45) is 0 Å². The highest BCUT2D eigenvalue weighted by Gasteiger charge is 2.13. The summed E-state index contributed by atoms with van der Waals surface area (Å²) in [7, 11) is 0. The minimum atomic E-state index is -0.157. The highest BCUT2D eigenvalue weighted by molar-refractivity contribution is 7.99. The van der Waals surface area contributed by atoms with E-state index >= 15 is 0 Å². The van der Waals surface area contributed by atoms with Gasteiger partial charge in [0.05, 0.1) is 11.4 Å². The molecule has 0 unspecified atom stereocenters. The van der Waals surface area contributed by atoms with Crippen molar-refractivity contribution < 1.29 is 9.53 Å². The Morgan fingerprint density at radius 3 is 2.42 bits per heavy atom. The maximum absolute atomic E-state index is 12.4. The van der Waals surface area contributed by atoms with E-state index in [-0.39, 0.29) is 11.7 Å². The van der Waals surface area contributed by atoms with Gasteiger partial charge in [-0.1, -0.05) is 41.6 Å². The summed E-state index contributed by atoms with van der Waals surface area (Å²) in [6.45, 7) is 1.98. The van der Waals surface area contributed by atoms with Crippen molar-refractivity contribution in [3.8, 4) is 17.2 Å². The van der Waals surface area contributed by atoms with Crippen LogP contribution in [0.25, 0.3) is 5.69 Å². The lowest BCUT2D eigenvalue weighted by atomic mass is 10.2. The lowest BCUT2D eigenvalue weighted by molar-refractivity contribution is -0.113. The second kappa shape index (κ2) is 9.63. The minimum Gasteiger partial charge on any atom is -0.457 e. The quantitative estimate of drug-likeness (QED) is 0.391. The van der Waals surface area contributed by atoms with Gasteiger partial charge in [-0.15, -0.1) is 5.10 Å². The van der Waals surface area contributed by atoms with E-state index in [4.69, 9.17) is 16.3 Å². The fraction of sp³-hybridized carbons (Fsp3) is 0.0909. The highest BCUT2D eigenvalue weighted by atomic mass is 35.5. The maximum Gasteiger partial charge on any atom is 0.234 e. The summed E-state index contributed by atoms with van der Waals surface area (Å²) in [5.41, 5.74) is 2.60. The van der Waals surface area contributed by atoms with Crippen LogP contribution < -0.4 is 10.1 Å². The molecule has 4 aromatic rings. The predicted octanol–water partition coefficient (Wildman–Crippen LogP) is 5.15. The van der Waals surface area contributed by atoms with Crippen LogP contribution in [0.2, 0.25) is 5.02 Å². The third-order valence-electron chi connectivity index (χ3n) is 4.30. The van der Waals surface area contributed by atoms with Gasteiger partial charge in [0.1, 0.15) is 11.5 Å². The molecule has 1 aromatic heterocycles. The Morgan fingerprint density at radius 1 is 1.03 bits per heavy atom.